The molecule has 0 aliphatic rings. The topological polar surface area (TPSA) is 18.5 Å². The van der Waals surface area contributed by atoms with Crippen LogP contribution in [0.5, 0.6) is 11.5 Å². The molecule has 1 atom stereocenters. The summed E-state index contributed by atoms with van der Waals surface area (Å²) >= 11 is 9.83. The Morgan fingerprint density at radius 1 is 1.00 bits per heavy atom. The third-order valence-electron chi connectivity index (χ3n) is 3.21. The van der Waals surface area contributed by atoms with Gasteiger partial charge in [-0.15, -0.1) is 0 Å². The summed E-state index contributed by atoms with van der Waals surface area (Å²) in [6, 6.07) is 11.6. The van der Waals surface area contributed by atoms with Gasteiger partial charge in [0, 0.05) is 10.6 Å². The van der Waals surface area contributed by atoms with Gasteiger partial charge in [-0.2, -0.15) is 0 Å². The fourth-order valence-electron chi connectivity index (χ4n) is 2.13. The van der Waals surface area contributed by atoms with Gasteiger partial charge in [0.2, 0.25) is 0 Å². The van der Waals surface area contributed by atoms with E-state index in [0.717, 1.165) is 28.2 Å². The lowest BCUT2D eigenvalue weighted by Gasteiger charge is -2.17. The first-order valence-corrected chi connectivity index (χ1v) is 7.48. The van der Waals surface area contributed by atoms with Crippen LogP contribution in [0.15, 0.2) is 36.4 Å². The molecule has 0 aliphatic heterocycles. The van der Waals surface area contributed by atoms with Crippen LogP contribution in [-0.2, 0) is 0 Å². The number of hydrogen-bond donors (Lipinski definition) is 0. The van der Waals surface area contributed by atoms with E-state index in [0.29, 0.717) is 5.02 Å². The summed E-state index contributed by atoms with van der Waals surface area (Å²) in [7, 11) is 3.33. The average Bonchev–Trinajstić information content (AvgIpc) is 2.46. The first-order chi connectivity index (χ1) is 9.56. The zero-order valence-electron chi connectivity index (χ0n) is 11.6. The average molecular weight is 356 g/mol. The van der Waals surface area contributed by atoms with E-state index >= 15 is 0 Å². The fraction of sp³-hybridized carbons (Fsp3) is 0.250. The molecule has 0 saturated heterocycles. The fourth-order valence-corrected chi connectivity index (χ4v) is 3.18. The second-order valence-corrected chi connectivity index (χ2v) is 5.82. The Hall–Kier alpha value is -1.19. The Balaban J connectivity index is 2.45. The zero-order chi connectivity index (χ0) is 14.7. The van der Waals surface area contributed by atoms with E-state index in [9.17, 15) is 0 Å². The van der Waals surface area contributed by atoms with Crippen LogP contribution in [0.4, 0.5) is 0 Å². The molecule has 1 unspecified atom stereocenters. The Morgan fingerprint density at radius 2 is 1.75 bits per heavy atom. The Kier molecular flexibility index (Phi) is 4.95. The van der Waals surface area contributed by atoms with Crippen molar-refractivity contribution >= 4 is 27.5 Å². The van der Waals surface area contributed by atoms with Crippen LogP contribution in [0.3, 0.4) is 0 Å². The molecule has 0 bridgehead atoms. The Labute approximate surface area is 132 Å². The van der Waals surface area contributed by atoms with Crippen molar-refractivity contribution < 1.29 is 9.47 Å². The van der Waals surface area contributed by atoms with Crippen molar-refractivity contribution in [2.24, 2.45) is 0 Å². The smallest absolute Gasteiger partial charge is 0.123 e. The quantitative estimate of drug-likeness (QED) is 0.706. The monoisotopic (exact) mass is 354 g/mol. The van der Waals surface area contributed by atoms with Crippen molar-refractivity contribution in [1.82, 2.24) is 0 Å². The molecule has 0 saturated carbocycles. The lowest BCUT2D eigenvalue weighted by Crippen LogP contribution is -1.99. The lowest BCUT2D eigenvalue weighted by atomic mass is 9.99. The zero-order valence-corrected chi connectivity index (χ0v) is 14.0. The molecular formula is C16H16BrClO2. The number of methoxy groups -OCH3 is 2. The van der Waals surface area contributed by atoms with Gasteiger partial charge in [-0.25, -0.2) is 0 Å². The van der Waals surface area contributed by atoms with E-state index < -0.39 is 0 Å². The number of ether oxygens (including phenoxy) is 2. The molecule has 2 nitrogen and oxygen atoms in total. The summed E-state index contributed by atoms with van der Waals surface area (Å²) in [5.41, 5.74) is 3.31. The number of aryl methyl sites for hydroxylation is 1. The van der Waals surface area contributed by atoms with Crippen molar-refractivity contribution in [3.8, 4) is 11.5 Å². The van der Waals surface area contributed by atoms with Crippen LogP contribution < -0.4 is 9.47 Å². The van der Waals surface area contributed by atoms with Gasteiger partial charge < -0.3 is 9.47 Å². The predicted octanol–water partition coefficient (Wildman–Crippen LogP) is 5.15. The molecule has 20 heavy (non-hydrogen) atoms. The molecule has 0 aliphatic carbocycles. The molecule has 2 aromatic carbocycles. The van der Waals surface area contributed by atoms with Crippen molar-refractivity contribution in [2.45, 2.75) is 11.8 Å². The Bertz CT molecular complexity index is 613. The maximum Gasteiger partial charge on any atom is 0.123 e. The molecule has 0 radical (unpaired) electrons. The molecule has 0 spiro atoms. The van der Waals surface area contributed by atoms with Crippen LogP contribution in [0.25, 0.3) is 0 Å². The molecule has 106 valence electrons. The minimum atomic E-state index is 0.0158. The number of alkyl halides is 1. The third-order valence-corrected chi connectivity index (χ3v) is 4.44. The highest BCUT2D eigenvalue weighted by molar-refractivity contribution is 9.09. The maximum absolute atomic E-state index is 6.10. The summed E-state index contributed by atoms with van der Waals surface area (Å²) in [6.45, 7) is 2.06. The Morgan fingerprint density at radius 3 is 2.35 bits per heavy atom. The molecule has 0 aromatic heterocycles. The molecule has 0 N–H and O–H groups in total. The van der Waals surface area contributed by atoms with Crippen LogP contribution >= 0.6 is 27.5 Å². The van der Waals surface area contributed by atoms with Crippen LogP contribution in [0, 0.1) is 6.92 Å². The first kappa shape index (κ1) is 15.2. The summed E-state index contributed by atoms with van der Waals surface area (Å²) in [5, 5.41) is 0.691. The van der Waals surface area contributed by atoms with Crippen LogP contribution in [0.1, 0.15) is 21.5 Å². The van der Waals surface area contributed by atoms with E-state index in [1.807, 2.05) is 36.4 Å². The molecule has 0 heterocycles. The highest BCUT2D eigenvalue weighted by atomic mass is 79.9. The third kappa shape index (κ3) is 3.10. The van der Waals surface area contributed by atoms with Crippen LogP contribution in [-0.4, -0.2) is 14.2 Å². The number of hydrogen-bond acceptors (Lipinski definition) is 2. The van der Waals surface area contributed by atoms with E-state index in [2.05, 4.69) is 22.9 Å². The van der Waals surface area contributed by atoms with Crippen molar-refractivity contribution in [3.05, 3.63) is 58.1 Å². The largest absolute Gasteiger partial charge is 0.497 e. The van der Waals surface area contributed by atoms with Gasteiger partial charge in [-0.3, -0.25) is 0 Å². The first-order valence-electron chi connectivity index (χ1n) is 6.19. The standard InChI is InChI=1S/C16H16BrClO2/c1-10-8-12(19-2)5-6-13(10)16(17)14-9-11(18)4-7-15(14)20-3/h4-9,16H,1-3H3. The minimum Gasteiger partial charge on any atom is -0.497 e. The molecule has 0 amide bonds. The van der Waals surface area contributed by atoms with Gasteiger partial charge >= 0.3 is 0 Å². The summed E-state index contributed by atoms with van der Waals surface area (Å²) in [4.78, 5) is 0.0158. The second kappa shape index (κ2) is 6.51. The van der Waals surface area contributed by atoms with Gasteiger partial charge in [0.05, 0.1) is 19.0 Å². The molecule has 0 fully saturated rings. The molecule has 2 aromatic rings. The normalized spacial score (nSPS) is 12.1. The number of rotatable bonds is 4. The van der Waals surface area contributed by atoms with Gasteiger partial charge in [0.1, 0.15) is 11.5 Å². The number of benzene rings is 2. The maximum atomic E-state index is 6.10. The van der Waals surface area contributed by atoms with E-state index in [1.165, 1.54) is 0 Å². The van der Waals surface area contributed by atoms with Crippen molar-refractivity contribution in [3.63, 3.8) is 0 Å². The van der Waals surface area contributed by atoms with Crippen molar-refractivity contribution in [1.29, 1.82) is 0 Å². The van der Waals surface area contributed by atoms with Gasteiger partial charge in [0.15, 0.2) is 0 Å². The van der Waals surface area contributed by atoms with Gasteiger partial charge in [-0.1, -0.05) is 33.6 Å². The summed E-state index contributed by atoms with van der Waals surface area (Å²) in [6.07, 6.45) is 0. The predicted molar refractivity (Wildman–Crippen MR) is 86.5 cm³/mol. The van der Waals surface area contributed by atoms with E-state index in [4.69, 9.17) is 21.1 Å². The summed E-state index contributed by atoms with van der Waals surface area (Å²) in [5.74, 6) is 1.66. The number of halogens is 2. The minimum absolute atomic E-state index is 0.0158. The highest BCUT2D eigenvalue weighted by Crippen LogP contribution is 2.39. The van der Waals surface area contributed by atoms with E-state index in [-0.39, 0.29) is 4.83 Å². The molecular weight excluding hydrogens is 340 g/mol. The van der Waals surface area contributed by atoms with Crippen molar-refractivity contribution in [2.75, 3.05) is 14.2 Å². The van der Waals surface area contributed by atoms with Gasteiger partial charge in [0.25, 0.3) is 0 Å². The molecule has 4 heteroatoms. The summed E-state index contributed by atoms with van der Waals surface area (Å²) < 4.78 is 10.7. The van der Waals surface area contributed by atoms with E-state index in [1.54, 1.807) is 14.2 Å². The highest BCUT2D eigenvalue weighted by Gasteiger charge is 2.18. The van der Waals surface area contributed by atoms with Crippen LogP contribution in [0.2, 0.25) is 5.02 Å². The molecule has 2 rings (SSSR count). The SMILES string of the molecule is COc1ccc(C(Br)c2cc(Cl)ccc2OC)c(C)c1. The van der Waals surface area contributed by atoms with Gasteiger partial charge in [-0.05, 0) is 48.4 Å². The lowest BCUT2D eigenvalue weighted by molar-refractivity contribution is 0.410. The second-order valence-electron chi connectivity index (χ2n) is 4.47.